The van der Waals surface area contributed by atoms with E-state index in [2.05, 4.69) is 15.5 Å². The number of hydrogen-bond donors (Lipinski definition) is 1. The molecule has 1 saturated heterocycles. The van der Waals surface area contributed by atoms with Crippen LogP contribution in [0, 0.1) is 0 Å². The second-order valence-corrected chi connectivity index (χ2v) is 8.41. The molecule has 1 aliphatic heterocycles. The first-order chi connectivity index (χ1) is 9.34. The van der Waals surface area contributed by atoms with Crippen LogP contribution in [-0.4, -0.2) is 52.9 Å². The number of carbonyl (C=O) groups excluding carboxylic acids is 1. The van der Waals surface area contributed by atoms with Gasteiger partial charge >= 0.3 is 0 Å². The van der Waals surface area contributed by atoms with E-state index in [4.69, 9.17) is 0 Å². The predicted octanol–water partition coefficient (Wildman–Crippen LogP) is -0.0562. The molecular weight excluding hydrogens is 300 g/mol. The van der Waals surface area contributed by atoms with E-state index in [9.17, 15) is 13.2 Å². The molecule has 112 valence electrons. The van der Waals surface area contributed by atoms with Gasteiger partial charge in [0.25, 0.3) is 0 Å². The number of nitrogens with one attached hydrogen (secondary N) is 1. The maximum absolute atomic E-state index is 11.5. The van der Waals surface area contributed by atoms with Gasteiger partial charge in [0.2, 0.25) is 5.91 Å². The number of sulfone groups is 1. The lowest BCUT2D eigenvalue weighted by Crippen LogP contribution is -2.27. The highest BCUT2D eigenvalue weighted by atomic mass is 32.2. The lowest BCUT2D eigenvalue weighted by Gasteiger charge is -2.10. The maximum atomic E-state index is 11.5. The van der Waals surface area contributed by atoms with E-state index in [1.54, 1.807) is 25.6 Å². The fourth-order valence-corrected chi connectivity index (χ4v) is 4.82. The van der Waals surface area contributed by atoms with Gasteiger partial charge in [0.05, 0.1) is 16.8 Å². The van der Waals surface area contributed by atoms with Crippen LogP contribution < -0.4 is 5.32 Å². The summed E-state index contributed by atoms with van der Waals surface area (Å²) in [5.41, 5.74) is 0. The number of rotatable bonds is 4. The maximum Gasteiger partial charge on any atom is 0.233 e. The Morgan fingerprint density at radius 3 is 2.75 bits per heavy atom. The van der Waals surface area contributed by atoms with Gasteiger partial charge in [-0.05, 0) is 13.3 Å². The molecule has 2 heterocycles. The molecule has 0 saturated carbocycles. The molecule has 20 heavy (non-hydrogen) atoms. The number of hydrogen-bond acceptors (Lipinski definition) is 6. The molecule has 1 N–H and O–H groups in total. The average molecular weight is 318 g/mol. The van der Waals surface area contributed by atoms with Crippen molar-refractivity contribution in [2.24, 2.45) is 7.05 Å². The minimum atomic E-state index is -2.94. The number of thioether (sulfide) groups is 1. The van der Waals surface area contributed by atoms with E-state index < -0.39 is 9.84 Å². The second kappa shape index (κ2) is 5.72. The van der Waals surface area contributed by atoms with Gasteiger partial charge in [0.1, 0.15) is 5.82 Å². The first-order valence-electron chi connectivity index (χ1n) is 6.32. The molecule has 0 aliphatic carbocycles. The van der Waals surface area contributed by atoms with Crippen molar-refractivity contribution in [2.75, 3.05) is 18.6 Å². The fraction of sp³-hybridized carbons (Fsp3) is 0.727. The largest absolute Gasteiger partial charge is 0.358 e. The van der Waals surface area contributed by atoms with E-state index in [0.29, 0.717) is 17.4 Å². The van der Waals surface area contributed by atoms with Crippen molar-refractivity contribution in [3.05, 3.63) is 5.82 Å². The van der Waals surface area contributed by atoms with Crippen molar-refractivity contribution in [1.82, 2.24) is 20.1 Å². The molecule has 0 bridgehead atoms. The molecule has 1 amide bonds. The number of carbonyl (C=O) groups is 1. The zero-order valence-electron chi connectivity index (χ0n) is 11.7. The van der Waals surface area contributed by atoms with Crippen LogP contribution >= 0.6 is 11.8 Å². The molecule has 0 unspecified atom stereocenters. The van der Waals surface area contributed by atoms with Crippen LogP contribution in [0.2, 0.25) is 0 Å². The Hall–Kier alpha value is -1.09. The van der Waals surface area contributed by atoms with Crippen LogP contribution in [-0.2, 0) is 21.7 Å². The smallest absolute Gasteiger partial charge is 0.233 e. The minimum absolute atomic E-state index is 0.0806. The highest BCUT2D eigenvalue weighted by Gasteiger charge is 2.32. The zero-order valence-corrected chi connectivity index (χ0v) is 13.3. The van der Waals surface area contributed by atoms with Gasteiger partial charge in [-0.3, -0.25) is 4.79 Å². The molecule has 1 fully saturated rings. The Morgan fingerprint density at radius 1 is 1.50 bits per heavy atom. The molecule has 1 aromatic heterocycles. The third-order valence-electron chi connectivity index (χ3n) is 3.36. The first-order valence-corrected chi connectivity index (χ1v) is 9.02. The van der Waals surface area contributed by atoms with Gasteiger partial charge in [0.15, 0.2) is 15.0 Å². The summed E-state index contributed by atoms with van der Waals surface area (Å²) in [5, 5.41) is 11.1. The molecular formula is C11H18N4O3S2. The monoisotopic (exact) mass is 318 g/mol. The number of nitrogens with zero attached hydrogens (tertiary/aromatic N) is 3. The van der Waals surface area contributed by atoms with Gasteiger partial charge in [-0.1, -0.05) is 11.8 Å². The molecule has 2 atom stereocenters. The Kier molecular flexibility index (Phi) is 4.38. The van der Waals surface area contributed by atoms with Crippen LogP contribution in [0.4, 0.5) is 0 Å². The third kappa shape index (κ3) is 3.14. The Labute approximate surface area is 122 Å². The molecule has 0 aromatic carbocycles. The standard InChI is InChI=1S/C11H18N4O3S2/c1-7(10(16)12-2)19-11-14-13-9(15(11)3)8-4-5-20(17,18)6-8/h7-8H,4-6H2,1-3H3,(H,12,16)/t7-,8+/m0/s1. The topological polar surface area (TPSA) is 94.0 Å². The predicted molar refractivity (Wildman–Crippen MR) is 76.4 cm³/mol. The lowest BCUT2D eigenvalue weighted by atomic mass is 10.1. The van der Waals surface area contributed by atoms with E-state index in [0.717, 1.165) is 0 Å². The molecule has 1 aliphatic rings. The summed E-state index contributed by atoms with van der Waals surface area (Å²) in [6.45, 7) is 1.79. The van der Waals surface area contributed by atoms with Crippen LogP contribution in [0.15, 0.2) is 5.16 Å². The van der Waals surface area contributed by atoms with E-state index in [-0.39, 0.29) is 28.6 Å². The average Bonchev–Trinajstić information content (AvgIpc) is 2.92. The lowest BCUT2D eigenvalue weighted by molar-refractivity contribution is -0.119. The van der Waals surface area contributed by atoms with Crippen molar-refractivity contribution < 1.29 is 13.2 Å². The Morgan fingerprint density at radius 2 is 2.20 bits per heavy atom. The number of amides is 1. The summed E-state index contributed by atoms with van der Waals surface area (Å²) in [7, 11) is 0.449. The van der Waals surface area contributed by atoms with Gasteiger partial charge in [-0.25, -0.2) is 8.42 Å². The van der Waals surface area contributed by atoms with Crippen LogP contribution in [0.5, 0.6) is 0 Å². The highest BCUT2D eigenvalue weighted by molar-refractivity contribution is 8.00. The third-order valence-corrected chi connectivity index (χ3v) is 6.27. The van der Waals surface area contributed by atoms with Gasteiger partial charge in [-0.2, -0.15) is 0 Å². The van der Waals surface area contributed by atoms with Crippen molar-refractivity contribution in [3.63, 3.8) is 0 Å². The van der Waals surface area contributed by atoms with Crippen LogP contribution in [0.1, 0.15) is 25.1 Å². The molecule has 2 rings (SSSR count). The summed E-state index contributed by atoms with van der Waals surface area (Å²) >= 11 is 1.31. The second-order valence-electron chi connectivity index (χ2n) is 4.87. The Balaban J connectivity index is 2.14. The first kappa shape index (κ1) is 15.3. The summed E-state index contributed by atoms with van der Waals surface area (Å²) in [6.07, 6.45) is 0.587. The SMILES string of the molecule is CNC(=O)[C@H](C)Sc1nnc([C@@H]2CCS(=O)(=O)C2)n1C. The molecule has 0 spiro atoms. The zero-order chi connectivity index (χ0) is 14.9. The molecule has 0 radical (unpaired) electrons. The van der Waals surface area contributed by atoms with Gasteiger partial charge < -0.3 is 9.88 Å². The minimum Gasteiger partial charge on any atom is -0.358 e. The van der Waals surface area contributed by atoms with Gasteiger partial charge in [-0.15, -0.1) is 10.2 Å². The quantitative estimate of drug-likeness (QED) is 0.782. The molecule has 7 nitrogen and oxygen atoms in total. The van der Waals surface area contributed by atoms with Gasteiger partial charge in [0, 0.05) is 20.0 Å². The normalized spacial score (nSPS) is 22.6. The summed E-state index contributed by atoms with van der Waals surface area (Å²) in [5.74, 6) is 0.846. The fourth-order valence-electron chi connectivity index (χ4n) is 2.20. The van der Waals surface area contributed by atoms with Crippen molar-refractivity contribution >= 4 is 27.5 Å². The Bertz CT molecular complexity index is 611. The molecule has 1 aromatic rings. The van der Waals surface area contributed by atoms with E-state index in [1.807, 2.05) is 0 Å². The highest BCUT2D eigenvalue weighted by Crippen LogP contribution is 2.30. The van der Waals surface area contributed by atoms with E-state index >= 15 is 0 Å². The van der Waals surface area contributed by atoms with Crippen LogP contribution in [0.25, 0.3) is 0 Å². The van der Waals surface area contributed by atoms with Crippen molar-refractivity contribution in [2.45, 2.75) is 29.7 Å². The van der Waals surface area contributed by atoms with Crippen molar-refractivity contribution in [3.8, 4) is 0 Å². The van der Waals surface area contributed by atoms with Crippen LogP contribution in [0.3, 0.4) is 0 Å². The summed E-state index contributed by atoms with van der Waals surface area (Å²) in [6, 6.07) is 0. The van der Waals surface area contributed by atoms with Crippen molar-refractivity contribution in [1.29, 1.82) is 0 Å². The summed E-state index contributed by atoms with van der Waals surface area (Å²) < 4.78 is 24.8. The number of aromatic nitrogens is 3. The molecule has 9 heteroatoms. The summed E-state index contributed by atoms with van der Waals surface area (Å²) in [4.78, 5) is 11.5. The van der Waals surface area contributed by atoms with E-state index in [1.165, 1.54) is 11.8 Å².